The van der Waals surface area contributed by atoms with Gasteiger partial charge in [0.15, 0.2) is 0 Å². The van der Waals surface area contributed by atoms with Crippen molar-refractivity contribution in [1.29, 1.82) is 0 Å². The highest BCUT2D eigenvalue weighted by Crippen LogP contribution is 2.36. The van der Waals surface area contributed by atoms with Crippen molar-refractivity contribution in [2.24, 2.45) is 0 Å². The molecule has 0 spiro atoms. The van der Waals surface area contributed by atoms with E-state index in [1.807, 2.05) is 34.7 Å². The predicted molar refractivity (Wildman–Crippen MR) is 95.5 cm³/mol. The van der Waals surface area contributed by atoms with Crippen molar-refractivity contribution in [3.05, 3.63) is 29.6 Å². The molecule has 0 aromatic heterocycles. The second-order valence-electron chi connectivity index (χ2n) is 7.85. The van der Waals surface area contributed by atoms with Crippen molar-refractivity contribution in [1.82, 2.24) is 10.2 Å². The average Bonchev–Trinajstić information content (AvgIpc) is 3.09. The van der Waals surface area contributed by atoms with Crippen molar-refractivity contribution in [2.45, 2.75) is 51.4 Å². The topological polar surface area (TPSA) is 50.8 Å². The summed E-state index contributed by atoms with van der Waals surface area (Å²) in [6.45, 7) is 9.04. The molecule has 5 nitrogen and oxygen atoms in total. The van der Waals surface area contributed by atoms with Crippen molar-refractivity contribution in [2.75, 3.05) is 20.1 Å². The molecule has 7 heteroatoms. The number of hydrogen-bond donors (Lipinski definition) is 1. The molecule has 25 heavy (non-hydrogen) atoms. The molecule has 1 aromatic rings. The first-order valence-electron chi connectivity index (χ1n) is 8.76. The first-order valence-corrected chi connectivity index (χ1v) is 8.76. The second kappa shape index (κ2) is 6.38. The van der Waals surface area contributed by atoms with E-state index in [4.69, 9.17) is 9.31 Å². The Morgan fingerprint density at radius 3 is 2.48 bits per heavy atom. The number of nitrogens with one attached hydrogen (secondary N) is 1. The maximum atomic E-state index is 14.4. The number of carbonyl (C=O) groups excluding carboxylic acids is 1. The molecule has 0 aliphatic carbocycles. The van der Waals surface area contributed by atoms with E-state index in [1.54, 1.807) is 11.0 Å². The fraction of sp³-hybridized carbons (Fsp3) is 0.611. The Morgan fingerprint density at radius 2 is 1.92 bits per heavy atom. The maximum Gasteiger partial charge on any atom is 0.497 e. The van der Waals surface area contributed by atoms with Crippen LogP contribution in [0.2, 0.25) is 0 Å². The SMILES string of the molecule is CN[C@@H]1CCN(C(=O)c2ccc(F)c(B3OC(C)(C)C(C)(C)O3)c2)C1. The normalized spacial score (nSPS) is 24.8. The minimum absolute atomic E-state index is 0.0875. The molecular formula is C18H26BFN2O3. The lowest BCUT2D eigenvalue weighted by Gasteiger charge is -2.32. The summed E-state index contributed by atoms with van der Waals surface area (Å²) in [7, 11) is 1.08. The third-order valence-corrected chi connectivity index (χ3v) is 5.63. The summed E-state index contributed by atoms with van der Waals surface area (Å²) in [6, 6.07) is 4.72. The van der Waals surface area contributed by atoms with Gasteiger partial charge in [0, 0.05) is 30.2 Å². The van der Waals surface area contributed by atoms with Gasteiger partial charge in [0.1, 0.15) is 5.82 Å². The maximum absolute atomic E-state index is 14.4. The zero-order valence-electron chi connectivity index (χ0n) is 15.6. The zero-order chi connectivity index (χ0) is 18.4. The van der Waals surface area contributed by atoms with Crippen LogP contribution >= 0.6 is 0 Å². The Kier molecular flexibility index (Phi) is 4.68. The molecule has 3 rings (SSSR count). The van der Waals surface area contributed by atoms with Crippen LogP contribution in [0.25, 0.3) is 0 Å². The van der Waals surface area contributed by atoms with Crippen LogP contribution in [0, 0.1) is 5.82 Å². The van der Waals surface area contributed by atoms with Crippen LogP contribution < -0.4 is 10.8 Å². The predicted octanol–water partition coefficient (Wildman–Crippen LogP) is 1.56. The van der Waals surface area contributed by atoms with Gasteiger partial charge in [-0.05, 0) is 59.4 Å². The minimum Gasteiger partial charge on any atom is -0.399 e. The van der Waals surface area contributed by atoms with E-state index in [1.165, 1.54) is 12.1 Å². The van der Waals surface area contributed by atoms with Crippen LogP contribution in [0.1, 0.15) is 44.5 Å². The van der Waals surface area contributed by atoms with E-state index in [9.17, 15) is 9.18 Å². The van der Waals surface area contributed by atoms with Gasteiger partial charge in [0.25, 0.3) is 5.91 Å². The van der Waals surface area contributed by atoms with Crippen molar-refractivity contribution in [3.63, 3.8) is 0 Å². The molecule has 2 saturated heterocycles. The largest absolute Gasteiger partial charge is 0.497 e. The van der Waals surface area contributed by atoms with Gasteiger partial charge in [-0.1, -0.05) is 0 Å². The number of nitrogens with zero attached hydrogens (tertiary/aromatic N) is 1. The Balaban J connectivity index is 1.83. The first kappa shape index (κ1) is 18.4. The lowest BCUT2D eigenvalue weighted by molar-refractivity contribution is 0.00578. The van der Waals surface area contributed by atoms with Gasteiger partial charge in [-0.3, -0.25) is 4.79 Å². The first-order chi connectivity index (χ1) is 11.6. The van der Waals surface area contributed by atoms with Crippen LogP contribution in [0.15, 0.2) is 18.2 Å². The Morgan fingerprint density at radius 1 is 1.28 bits per heavy atom. The van der Waals surface area contributed by atoms with Gasteiger partial charge in [-0.2, -0.15) is 0 Å². The zero-order valence-corrected chi connectivity index (χ0v) is 15.6. The molecule has 1 N–H and O–H groups in total. The minimum atomic E-state index is -0.818. The standard InChI is InChI=1S/C18H26BFN2O3/c1-17(2)18(3,4)25-19(24-17)14-10-12(6-7-15(14)20)16(23)22-9-8-13(11-22)21-5/h6-7,10,13,21H,8-9,11H2,1-5H3/t13-/m1/s1. The number of halogens is 1. The fourth-order valence-electron chi connectivity index (χ4n) is 3.19. The summed E-state index contributed by atoms with van der Waals surface area (Å²) in [5.74, 6) is -0.514. The third kappa shape index (κ3) is 3.33. The molecule has 0 unspecified atom stereocenters. The summed E-state index contributed by atoms with van der Waals surface area (Å²) in [6.07, 6.45) is 0.924. The van der Waals surface area contributed by atoms with Gasteiger partial charge < -0.3 is 19.5 Å². The highest BCUT2D eigenvalue weighted by Gasteiger charge is 2.52. The van der Waals surface area contributed by atoms with Crippen molar-refractivity contribution < 1.29 is 18.5 Å². The monoisotopic (exact) mass is 348 g/mol. The molecular weight excluding hydrogens is 322 g/mol. The molecule has 1 amide bonds. The lowest BCUT2D eigenvalue weighted by atomic mass is 9.78. The van der Waals surface area contributed by atoms with Crippen LogP contribution in [0.3, 0.4) is 0 Å². The number of hydrogen-bond acceptors (Lipinski definition) is 4. The highest BCUT2D eigenvalue weighted by molar-refractivity contribution is 6.62. The Hall–Kier alpha value is -1.44. The van der Waals surface area contributed by atoms with Gasteiger partial charge >= 0.3 is 7.12 Å². The van der Waals surface area contributed by atoms with Gasteiger partial charge in [0.2, 0.25) is 0 Å². The average molecular weight is 348 g/mol. The van der Waals surface area contributed by atoms with E-state index < -0.39 is 24.1 Å². The molecule has 2 heterocycles. The summed E-state index contributed by atoms with van der Waals surface area (Å²) < 4.78 is 26.2. The fourth-order valence-corrected chi connectivity index (χ4v) is 3.19. The summed E-state index contributed by atoms with van der Waals surface area (Å²) in [5, 5.41) is 3.19. The van der Waals surface area contributed by atoms with E-state index in [-0.39, 0.29) is 11.4 Å². The number of benzene rings is 1. The summed E-state index contributed by atoms with van der Waals surface area (Å²) >= 11 is 0. The third-order valence-electron chi connectivity index (χ3n) is 5.63. The van der Waals surface area contributed by atoms with E-state index >= 15 is 0 Å². The van der Waals surface area contributed by atoms with Gasteiger partial charge in [-0.25, -0.2) is 4.39 Å². The number of amides is 1. The molecule has 2 aliphatic rings. The molecule has 0 saturated carbocycles. The molecule has 136 valence electrons. The number of carbonyl (C=O) groups is 1. The van der Waals surface area contributed by atoms with Crippen molar-refractivity contribution in [3.8, 4) is 0 Å². The lowest BCUT2D eigenvalue weighted by Crippen LogP contribution is -2.41. The number of likely N-dealkylation sites (tertiary alicyclic amines) is 1. The Bertz CT molecular complexity index is 664. The van der Waals surface area contributed by atoms with Crippen LogP contribution in [-0.2, 0) is 9.31 Å². The quantitative estimate of drug-likeness (QED) is 0.843. The molecule has 0 radical (unpaired) electrons. The van der Waals surface area contributed by atoms with E-state index in [2.05, 4.69) is 5.32 Å². The smallest absolute Gasteiger partial charge is 0.399 e. The molecule has 0 bridgehead atoms. The Labute approximate surface area is 149 Å². The van der Waals surface area contributed by atoms with Crippen molar-refractivity contribution >= 4 is 18.5 Å². The second-order valence-corrected chi connectivity index (χ2v) is 7.85. The molecule has 1 aromatic carbocycles. The van der Waals surface area contributed by atoms with Crippen LogP contribution in [0.5, 0.6) is 0 Å². The summed E-state index contributed by atoms with van der Waals surface area (Å²) in [5.41, 5.74) is -0.380. The molecule has 1 atom stereocenters. The van der Waals surface area contributed by atoms with Gasteiger partial charge in [0.05, 0.1) is 11.2 Å². The molecule has 2 aliphatic heterocycles. The highest BCUT2D eigenvalue weighted by atomic mass is 19.1. The number of likely N-dealkylation sites (N-methyl/N-ethyl adjacent to an activating group) is 1. The summed E-state index contributed by atoms with van der Waals surface area (Å²) in [4.78, 5) is 14.5. The number of rotatable bonds is 3. The van der Waals surface area contributed by atoms with Crippen LogP contribution in [-0.4, -0.2) is 55.3 Å². The van der Waals surface area contributed by atoms with Gasteiger partial charge in [-0.15, -0.1) is 0 Å². The van der Waals surface area contributed by atoms with Crippen LogP contribution in [0.4, 0.5) is 4.39 Å². The van der Waals surface area contributed by atoms with E-state index in [0.29, 0.717) is 24.7 Å². The molecule has 2 fully saturated rings. The van der Waals surface area contributed by atoms with E-state index in [0.717, 1.165) is 6.42 Å².